The molecule has 0 heterocycles. The lowest BCUT2D eigenvalue weighted by Gasteiger charge is -2.09. The van der Waals surface area contributed by atoms with Crippen molar-refractivity contribution in [3.63, 3.8) is 0 Å². The predicted octanol–water partition coefficient (Wildman–Crippen LogP) is 5.33. The van der Waals surface area contributed by atoms with Gasteiger partial charge in [0.1, 0.15) is 23.9 Å². The van der Waals surface area contributed by atoms with E-state index >= 15 is 0 Å². The van der Waals surface area contributed by atoms with Gasteiger partial charge in [-0.3, -0.25) is 4.79 Å². The Morgan fingerprint density at radius 1 is 0.969 bits per heavy atom. The van der Waals surface area contributed by atoms with Crippen LogP contribution in [0.2, 0.25) is 0 Å². The van der Waals surface area contributed by atoms with E-state index in [2.05, 4.69) is 10.5 Å². The van der Waals surface area contributed by atoms with Gasteiger partial charge in [0.05, 0.1) is 18.9 Å². The molecule has 1 amide bonds. The van der Waals surface area contributed by atoms with Crippen molar-refractivity contribution in [3.8, 4) is 11.5 Å². The minimum Gasteiger partial charge on any atom is -0.496 e. The number of nitrogens with zero attached hydrogens (tertiary/aromatic N) is 1. The number of amides is 1. The quantitative estimate of drug-likeness (QED) is 0.320. The molecule has 0 bridgehead atoms. The molecule has 0 atom stereocenters. The molecule has 0 radical (unpaired) electrons. The van der Waals surface area contributed by atoms with Gasteiger partial charge in [0.2, 0.25) is 0 Å². The predicted molar refractivity (Wildman–Crippen MR) is 123 cm³/mol. The molecule has 0 aliphatic rings. The first-order chi connectivity index (χ1) is 15.6. The van der Waals surface area contributed by atoms with Gasteiger partial charge in [-0.1, -0.05) is 42.5 Å². The Bertz CT molecular complexity index is 1270. The van der Waals surface area contributed by atoms with Crippen molar-refractivity contribution < 1.29 is 18.7 Å². The molecule has 0 unspecified atom stereocenters. The summed E-state index contributed by atoms with van der Waals surface area (Å²) in [6.07, 6.45) is 1.53. The largest absolute Gasteiger partial charge is 0.496 e. The molecular formula is C26H21FN2O3. The van der Waals surface area contributed by atoms with E-state index < -0.39 is 0 Å². The molecule has 32 heavy (non-hydrogen) atoms. The summed E-state index contributed by atoms with van der Waals surface area (Å²) in [6.45, 7) is 0.143. The summed E-state index contributed by atoms with van der Waals surface area (Å²) in [5.41, 5.74) is 4.20. The molecule has 4 aromatic rings. The van der Waals surface area contributed by atoms with Gasteiger partial charge in [0.25, 0.3) is 5.91 Å². The second-order valence-corrected chi connectivity index (χ2v) is 7.05. The highest BCUT2D eigenvalue weighted by molar-refractivity contribution is 6.01. The third kappa shape index (κ3) is 4.92. The fourth-order valence-corrected chi connectivity index (χ4v) is 3.22. The van der Waals surface area contributed by atoms with E-state index in [9.17, 15) is 9.18 Å². The van der Waals surface area contributed by atoms with Gasteiger partial charge >= 0.3 is 0 Å². The van der Waals surface area contributed by atoms with E-state index in [1.165, 1.54) is 19.4 Å². The molecule has 4 rings (SSSR count). The van der Waals surface area contributed by atoms with E-state index in [-0.39, 0.29) is 18.3 Å². The molecule has 0 fully saturated rings. The van der Waals surface area contributed by atoms with Crippen LogP contribution in [0.3, 0.4) is 0 Å². The lowest BCUT2D eigenvalue weighted by atomic mass is 10.1. The lowest BCUT2D eigenvalue weighted by molar-refractivity contribution is 0.0952. The van der Waals surface area contributed by atoms with Gasteiger partial charge < -0.3 is 9.47 Å². The number of benzene rings is 4. The number of carbonyl (C=O) groups excluding carboxylic acids is 1. The maximum absolute atomic E-state index is 13.7. The number of nitrogens with one attached hydrogen (secondary N) is 1. The van der Waals surface area contributed by atoms with Crippen LogP contribution in [-0.4, -0.2) is 19.2 Å². The molecule has 0 aliphatic carbocycles. The fraction of sp³-hybridized carbons (Fsp3) is 0.0769. The molecule has 5 nitrogen and oxygen atoms in total. The van der Waals surface area contributed by atoms with Crippen LogP contribution in [0.15, 0.2) is 90.0 Å². The van der Waals surface area contributed by atoms with Crippen LogP contribution >= 0.6 is 0 Å². The molecule has 0 aliphatic heterocycles. The average Bonchev–Trinajstić information content (AvgIpc) is 2.83. The van der Waals surface area contributed by atoms with Crippen LogP contribution < -0.4 is 14.9 Å². The molecule has 0 aromatic heterocycles. The number of hydrazone groups is 1. The third-order valence-electron chi connectivity index (χ3n) is 4.92. The van der Waals surface area contributed by atoms with Crippen molar-refractivity contribution in [3.05, 3.63) is 107 Å². The van der Waals surface area contributed by atoms with E-state index in [0.717, 1.165) is 16.3 Å². The summed E-state index contributed by atoms with van der Waals surface area (Å²) in [4.78, 5) is 12.6. The SMILES string of the molecule is COc1cc2ccccc2cc1C(=O)N/N=C\c1ccc(OCc2ccccc2F)cc1. The monoisotopic (exact) mass is 428 g/mol. The molecule has 0 spiro atoms. The Morgan fingerprint density at radius 3 is 2.38 bits per heavy atom. The number of hydrogen-bond acceptors (Lipinski definition) is 4. The van der Waals surface area contributed by atoms with Crippen molar-refractivity contribution in [2.75, 3.05) is 7.11 Å². The number of ether oxygens (including phenoxy) is 2. The molecular weight excluding hydrogens is 407 g/mol. The summed E-state index contributed by atoms with van der Waals surface area (Å²) in [7, 11) is 1.53. The Labute approximate surface area is 185 Å². The number of methoxy groups -OCH3 is 1. The van der Waals surface area contributed by atoms with Crippen LogP contribution in [0.4, 0.5) is 4.39 Å². The average molecular weight is 428 g/mol. The summed E-state index contributed by atoms with van der Waals surface area (Å²) in [5.74, 6) is 0.423. The van der Waals surface area contributed by atoms with Crippen molar-refractivity contribution in [1.29, 1.82) is 0 Å². The Balaban J connectivity index is 1.38. The molecule has 0 saturated carbocycles. The van der Waals surface area contributed by atoms with Gasteiger partial charge in [-0.2, -0.15) is 5.10 Å². The van der Waals surface area contributed by atoms with Gasteiger partial charge in [0.15, 0.2) is 0 Å². The van der Waals surface area contributed by atoms with Gasteiger partial charge in [-0.25, -0.2) is 9.82 Å². The summed E-state index contributed by atoms with van der Waals surface area (Å²) in [5, 5.41) is 5.96. The maximum atomic E-state index is 13.7. The summed E-state index contributed by atoms with van der Waals surface area (Å²) < 4.78 is 24.7. The number of hydrogen-bond donors (Lipinski definition) is 1. The zero-order chi connectivity index (χ0) is 22.3. The summed E-state index contributed by atoms with van der Waals surface area (Å²) in [6, 6.07) is 25.0. The highest BCUT2D eigenvalue weighted by Crippen LogP contribution is 2.26. The standard InChI is InChI=1S/C26H21FN2O3/c1-31-25-15-20-7-3-2-6-19(20)14-23(25)26(30)29-28-16-18-10-12-22(13-11-18)32-17-21-8-4-5-9-24(21)27/h2-16H,17H2,1H3,(H,29,30)/b28-16-. The van der Waals surface area contributed by atoms with Crippen molar-refractivity contribution in [2.24, 2.45) is 5.10 Å². The van der Waals surface area contributed by atoms with E-state index in [4.69, 9.17) is 9.47 Å². The highest BCUT2D eigenvalue weighted by Gasteiger charge is 2.13. The number of halogens is 1. The van der Waals surface area contributed by atoms with Gasteiger partial charge in [-0.05, 0) is 58.8 Å². The number of rotatable bonds is 7. The summed E-state index contributed by atoms with van der Waals surface area (Å²) >= 11 is 0. The van der Waals surface area contributed by atoms with Crippen LogP contribution in [0, 0.1) is 5.82 Å². The maximum Gasteiger partial charge on any atom is 0.275 e. The minimum atomic E-state index is -0.367. The van der Waals surface area contributed by atoms with Gasteiger partial charge in [-0.15, -0.1) is 0 Å². The zero-order valence-electron chi connectivity index (χ0n) is 17.4. The zero-order valence-corrected chi connectivity index (χ0v) is 17.4. The molecule has 6 heteroatoms. The van der Waals surface area contributed by atoms with Crippen molar-refractivity contribution >= 4 is 22.9 Å². The van der Waals surface area contributed by atoms with Crippen LogP contribution in [0.5, 0.6) is 11.5 Å². The Morgan fingerprint density at radius 2 is 1.66 bits per heavy atom. The van der Waals surface area contributed by atoms with Crippen molar-refractivity contribution in [2.45, 2.75) is 6.61 Å². The molecule has 4 aromatic carbocycles. The van der Waals surface area contributed by atoms with Crippen LogP contribution in [0.1, 0.15) is 21.5 Å². The normalized spacial score (nSPS) is 10.9. The van der Waals surface area contributed by atoms with E-state index in [0.29, 0.717) is 22.6 Å². The highest BCUT2D eigenvalue weighted by atomic mass is 19.1. The van der Waals surface area contributed by atoms with Crippen LogP contribution in [0.25, 0.3) is 10.8 Å². The Kier molecular flexibility index (Phi) is 6.41. The Hall–Kier alpha value is -4.19. The molecule has 1 N–H and O–H groups in total. The third-order valence-corrected chi connectivity index (χ3v) is 4.92. The smallest absolute Gasteiger partial charge is 0.275 e. The molecule has 0 saturated heterocycles. The van der Waals surface area contributed by atoms with E-state index in [1.54, 1.807) is 48.5 Å². The topological polar surface area (TPSA) is 59.9 Å². The fourth-order valence-electron chi connectivity index (χ4n) is 3.22. The molecule has 160 valence electrons. The van der Waals surface area contributed by atoms with Crippen LogP contribution in [-0.2, 0) is 6.61 Å². The minimum absolute atomic E-state index is 0.143. The van der Waals surface area contributed by atoms with Crippen molar-refractivity contribution in [1.82, 2.24) is 5.43 Å². The first kappa shape index (κ1) is 21.1. The second-order valence-electron chi connectivity index (χ2n) is 7.05. The lowest BCUT2D eigenvalue weighted by Crippen LogP contribution is -2.18. The number of fused-ring (bicyclic) bond motifs is 1. The van der Waals surface area contributed by atoms with Gasteiger partial charge in [0, 0.05) is 5.56 Å². The first-order valence-corrected chi connectivity index (χ1v) is 10.0. The van der Waals surface area contributed by atoms with E-state index in [1.807, 2.05) is 30.3 Å². The first-order valence-electron chi connectivity index (χ1n) is 10.0. The number of carbonyl (C=O) groups is 1. The second kappa shape index (κ2) is 9.75.